The van der Waals surface area contributed by atoms with Crippen molar-refractivity contribution in [2.75, 3.05) is 50.7 Å². The summed E-state index contributed by atoms with van der Waals surface area (Å²) in [5.41, 5.74) is 1.48. The molecule has 0 saturated carbocycles. The van der Waals surface area contributed by atoms with Gasteiger partial charge in [0, 0.05) is 55.9 Å². The number of nitriles is 2. The van der Waals surface area contributed by atoms with E-state index >= 15 is 0 Å². The van der Waals surface area contributed by atoms with Crippen LogP contribution in [0.3, 0.4) is 0 Å². The predicted molar refractivity (Wildman–Crippen MR) is 142 cm³/mol. The number of hydrogen-bond donors (Lipinski definition) is 0. The molecule has 1 unspecified atom stereocenters. The van der Waals surface area contributed by atoms with Crippen molar-refractivity contribution in [2.45, 2.75) is 52.0 Å². The van der Waals surface area contributed by atoms with Gasteiger partial charge >= 0.3 is 0 Å². The first kappa shape index (κ1) is 26.2. The van der Waals surface area contributed by atoms with Crippen LogP contribution >= 0.6 is 11.3 Å². The second-order valence-electron chi connectivity index (χ2n) is 9.95. The smallest absolute Gasteiger partial charge is 0.0992 e. The Hall–Kier alpha value is -2.38. The Labute approximate surface area is 210 Å². The van der Waals surface area contributed by atoms with Gasteiger partial charge in [0.2, 0.25) is 0 Å². The average Bonchev–Trinajstić information content (AvgIpc) is 3.38. The highest BCUT2D eigenvalue weighted by molar-refractivity contribution is 7.10. The van der Waals surface area contributed by atoms with Crippen molar-refractivity contribution in [3.8, 4) is 12.1 Å². The van der Waals surface area contributed by atoms with E-state index in [2.05, 4.69) is 78.1 Å². The van der Waals surface area contributed by atoms with Crippen molar-refractivity contribution in [3.05, 3.63) is 52.2 Å². The normalized spacial score (nSPS) is 16.8. The fraction of sp³-hybridized carbons (Fsp3) is 0.571. The molecule has 2 heterocycles. The van der Waals surface area contributed by atoms with E-state index < -0.39 is 0 Å². The Morgan fingerprint density at radius 2 is 1.71 bits per heavy atom. The van der Waals surface area contributed by atoms with Crippen molar-refractivity contribution in [1.29, 1.82) is 10.5 Å². The summed E-state index contributed by atoms with van der Waals surface area (Å²) in [6.07, 6.45) is 1.98. The molecule has 0 bridgehead atoms. The van der Waals surface area contributed by atoms with Gasteiger partial charge in [0.05, 0.1) is 23.1 Å². The van der Waals surface area contributed by atoms with E-state index in [1.54, 1.807) is 11.3 Å². The zero-order valence-electron chi connectivity index (χ0n) is 21.2. The van der Waals surface area contributed by atoms with Gasteiger partial charge in [-0.1, -0.05) is 26.0 Å². The lowest BCUT2D eigenvalue weighted by molar-refractivity contribution is 0.130. The zero-order chi connectivity index (χ0) is 24.6. The molecular formula is C28H39N5S. The van der Waals surface area contributed by atoms with Gasteiger partial charge < -0.3 is 9.80 Å². The van der Waals surface area contributed by atoms with Crippen LogP contribution in [0.25, 0.3) is 0 Å². The first-order chi connectivity index (χ1) is 16.4. The molecule has 1 fully saturated rings. The summed E-state index contributed by atoms with van der Waals surface area (Å²) in [5.74, 6) is 0.311. The van der Waals surface area contributed by atoms with Crippen LogP contribution in [0, 0.1) is 28.6 Å². The molecule has 0 amide bonds. The number of benzene rings is 1. The standard InChI is InChI=1S/C28H39N5S/c1-23(2)28(22-30,27-10-6-19-34-27)11-7-12-31-13-15-32(16-14-31)17-18-33(24(3)4)26-9-5-8-25(20-26)21-29/h5-6,8-10,19-20,23-24H,7,11-18H2,1-4H3. The molecule has 1 aliphatic heterocycles. The topological polar surface area (TPSA) is 57.3 Å². The maximum Gasteiger partial charge on any atom is 0.0992 e. The molecule has 0 spiro atoms. The van der Waals surface area contributed by atoms with Crippen molar-refractivity contribution in [3.63, 3.8) is 0 Å². The van der Waals surface area contributed by atoms with Crippen LogP contribution in [0.4, 0.5) is 5.69 Å². The van der Waals surface area contributed by atoms with Gasteiger partial charge in [0.15, 0.2) is 0 Å². The van der Waals surface area contributed by atoms with E-state index in [0.29, 0.717) is 17.5 Å². The van der Waals surface area contributed by atoms with Gasteiger partial charge in [0.25, 0.3) is 0 Å². The van der Waals surface area contributed by atoms with E-state index in [4.69, 9.17) is 0 Å². The van der Waals surface area contributed by atoms with Gasteiger partial charge in [-0.25, -0.2) is 0 Å². The first-order valence-corrected chi connectivity index (χ1v) is 13.4. The molecule has 1 saturated heterocycles. The number of hydrogen-bond acceptors (Lipinski definition) is 6. The molecule has 1 aromatic heterocycles. The van der Waals surface area contributed by atoms with Crippen LogP contribution in [0.2, 0.25) is 0 Å². The molecule has 2 aromatic rings. The quantitative estimate of drug-likeness (QED) is 0.437. The summed E-state index contributed by atoms with van der Waals surface area (Å²) in [6, 6.07) is 17.5. The number of anilines is 1. The van der Waals surface area contributed by atoms with Crippen LogP contribution in [-0.4, -0.2) is 61.7 Å². The van der Waals surface area contributed by atoms with E-state index in [1.807, 2.05) is 18.2 Å². The summed E-state index contributed by atoms with van der Waals surface area (Å²) in [7, 11) is 0. The number of piperazine rings is 1. The third-order valence-electron chi connectivity index (χ3n) is 7.24. The van der Waals surface area contributed by atoms with Crippen molar-refractivity contribution < 1.29 is 0 Å². The third kappa shape index (κ3) is 6.39. The van der Waals surface area contributed by atoms with E-state index in [1.165, 1.54) is 4.88 Å². The number of nitrogens with zero attached hydrogens (tertiary/aromatic N) is 5. The molecular weight excluding hydrogens is 438 g/mol. The molecule has 3 rings (SSSR count). The molecule has 0 radical (unpaired) electrons. The maximum atomic E-state index is 10.1. The van der Waals surface area contributed by atoms with Crippen molar-refractivity contribution in [2.24, 2.45) is 5.92 Å². The molecule has 0 aliphatic carbocycles. The molecule has 5 nitrogen and oxygen atoms in total. The highest BCUT2D eigenvalue weighted by Crippen LogP contribution is 2.39. The van der Waals surface area contributed by atoms with Crippen LogP contribution in [0.5, 0.6) is 0 Å². The zero-order valence-corrected chi connectivity index (χ0v) is 22.0. The van der Waals surface area contributed by atoms with Crippen molar-refractivity contribution in [1.82, 2.24) is 9.80 Å². The monoisotopic (exact) mass is 477 g/mol. The summed E-state index contributed by atoms with van der Waals surface area (Å²) < 4.78 is 0. The Kier molecular flexibility index (Phi) is 9.54. The minimum Gasteiger partial charge on any atom is -0.368 e. The summed E-state index contributed by atoms with van der Waals surface area (Å²) in [6.45, 7) is 16.2. The lowest BCUT2D eigenvalue weighted by atomic mass is 9.73. The SMILES string of the molecule is CC(C)N(CCN1CCN(CCCC(C#N)(c2cccs2)C(C)C)CC1)c1cccc(C#N)c1. The number of rotatable bonds is 11. The minimum atomic E-state index is -0.362. The fourth-order valence-corrected chi connectivity index (χ4v) is 6.03. The first-order valence-electron chi connectivity index (χ1n) is 12.6. The number of thiophene rings is 1. The summed E-state index contributed by atoms with van der Waals surface area (Å²) in [5, 5.41) is 21.4. The molecule has 1 aliphatic rings. The van der Waals surface area contributed by atoms with Crippen LogP contribution in [-0.2, 0) is 5.41 Å². The Bertz CT molecular complexity index is 963. The minimum absolute atomic E-state index is 0.311. The lowest BCUT2D eigenvalue weighted by Gasteiger charge is -2.37. The lowest BCUT2D eigenvalue weighted by Crippen LogP contribution is -2.49. The fourth-order valence-electron chi connectivity index (χ4n) is 4.98. The van der Waals surface area contributed by atoms with Gasteiger partial charge in [-0.3, -0.25) is 4.90 Å². The second kappa shape index (κ2) is 12.4. The third-order valence-corrected chi connectivity index (χ3v) is 8.29. The predicted octanol–water partition coefficient (Wildman–Crippen LogP) is 5.35. The average molecular weight is 478 g/mol. The Morgan fingerprint density at radius 3 is 2.26 bits per heavy atom. The molecule has 1 atom stereocenters. The molecule has 1 aromatic carbocycles. The molecule has 182 valence electrons. The van der Waals surface area contributed by atoms with Crippen molar-refractivity contribution >= 4 is 17.0 Å². The summed E-state index contributed by atoms with van der Waals surface area (Å²) >= 11 is 1.72. The van der Waals surface area contributed by atoms with E-state index in [-0.39, 0.29) is 5.41 Å². The van der Waals surface area contributed by atoms with Gasteiger partial charge in [0.1, 0.15) is 0 Å². The van der Waals surface area contributed by atoms with Gasteiger partial charge in [-0.15, -0.1) is 11.3 Å². The molecule has 34 heavy (non-hydrogen) atoms. The van der Waals surface area contributed by atoms with Crippen LogP contribution in [0.1, 0.15) is 51.0 Å². The van der Waals surface area contributed by atoms with E-state index in [9.17, 15) is 10.5 Å². The Balaban J connectivity index is 1.46. The Morgan fingerprint density at radius 1 is 1.00 bits per heavy atom. The highest BCUT2D eigenvalue weighted by atomic mass is 32.1. The van der Waals surface area contributed by atoms with Crippen LogP contribution < -0.4 is 4.90 Å². The largest absolute Gasteiger partial charge is 0.368 e. The van der Waals surface area contributed by atoms with Gasteiger partial charge in [-0.05, 0) is 68.8 Å². The van der Waals surface area contributed by atoms with Gasteiger partial charge in [-0.2, -0.15) is 10.5 Å². The highest BCUT2D eigenvalue weighted by Gasteiger charge is 2.36. The van der Waals surface area contributed by atoms with E-state index in [0.717, 1.165) is 64.3 Å². The molecule has 6 heteroatoms. The van der Waals surface area contributed by atoms with Crippen LogP contribution in [0.15, 0.2) is 41.8 Å². The summed E-state index contributed by atoms with van der Waals surface area (Å²) in [4.78, 5) is 8.72. The second-order valence-corrected chi connectivity index (χ2v) is 10.9. The maximum absolute atomic E-state index is 10.1. The molecule has 0 N–H and O–H groups in total.